The molecule has 1 N–H and O–H groups in total. The maximum absolute atomic E-state index is 13.4. The van der Waals surface area contributed by atoms with Gasteiger partial charge in [0.15, 0.2) is 0 Å². The van der Waals surface area contributed by atoms with E-state index in [1.807, 2.05) is 18.2 Å². The minimum atomic E-state index is 0.0856. The van der Waals surface area contributed by atoms with Crippen LogP contribution in [0, 0.1) is 0 Å². The lowest BCUT2D eigenvalue weighted by Gasteiger charge is -2.39. The number of para-hydroxylation sites is 2. The molecule has 0 saturated carbocycles. The van der Waals surface area contributed by atoms with Crippen LogP contribution in [0.1, 0.15) is 76.8 Å². The van der Waals surface area contributed by atoms with Gasteiger partial charge in [-0.1, -0.05) is 75.4 Å². The van der Waals surface area contributed by atoms with Crippen LogP contribution in [-0.2, 0) is 4.79 Å². The van der Waals surface area contributed by atoms with E-state index in [1.54, 1.807) is 0 Å². The second kappa shape index (κ2) is 10.3. The molecule has 1 amide bonds. The third-order valence-electron chi connectivity index (χ3n) is 5.66. The highest BCUT2D eigenvalue weighted by molar-refractivity contribution is 5.94. The van der Waals surface area contributed by atoms with Crippen molar-refractivity contribution in [2.45, 2.75) is 77.3 Å². The van der Waals surface area contributed by atoms with E-state index < -0.39 is 0 Å². The Balaban J connectivity index is 1.78. The molecule has 2 aromatic carbocycles. The Hall–Kier alpha value is -2.29. The molecule has 28 heavy (non-hydrogen) atoms. The maximum Gasteiger partial charge on any atom is 0.227 e. The summed E-state index contributed by atoms with van der Waals surface area (Å²) in [6, 6.07) is 19.0. The molecule has 0 spiro atoms. The Kier molecular flexibility index (Phi) is 7.53. The summed E-state index contributed by atoms with van der Waals surface area (Å²) < 4.78 is 0. The summed E-state index contributed by atoms with van der Waals surface area (Å²) >= 11 is 0. The summed E-state index contributed by atoms with van der Waals surface area (Å²) in [4.78, 5) is 15.4. The highest BCUT2D eigenvalue weighted by Crippen LogP contribution is 2.39. The van der Waals surface area contributed by atoms with E-state index in [2.05, 4.69) is 60.5 Å². The Labute approximate surface area is 170 Å². The van der Waals surface area contributed by atoms with Crippen LogP contribution in [0.5, 0.6) is 0 Å². The molecule has 0 saturated heterocycles. The normalized spacial score (nSPS) is 18.2. The molecule has 2 atom stereocenters. The average molecular weight is 379 g/mol. The zero-order chi connectivity index (χ0) is 19.8. The van der Waals surface area contributed by atoms with E-state index in [0.29, 0.717) is 12.5 Å². The number of nitrogens with zero attached hydrogens (tertiary/aromatic N) is 1. The first-order chi connectivity index (χ1) is 13.7. The van der Waals surface area contributed by atoms with Gasteiger partial charge in [-0.3, -0.25) is 4.79 Å². The lowest BCUT2D eigenvalue weighted by molar-refractivity contribution is -0.119. The molecular weight excluding hydrogens is 344 g/mol. The smallest absolute Gasteiger partial charge is 0.227 e. The van der Waals surface area contributed by atoms with E-state index in [-0.39, 0.29) is 11.9 Å². The summed E-state index contributed by atoms with van der Waals surface area (Å²) in [5, 5.41) is 3.57. The molecule has 1 aliphatic heterocycles. The molecule has 0 fully saturated rings. The molecule has 1 heterocycles. The van der Waals surface area contributed by atoms with Crippen molar-refractivity contribution in [3.05, 3.63) is 60.2 Å². The molecule has 0 bridgehead atoms. The van der Waals surface area contributed by atoms with Crippen LogP contribution >= 0.6 is 0 Å². The standard InChI is InChI=1S/C25H34N2O/c1-3-4-5-6-7-11-18-25(28)27(21-14-9-8-10-15-21)24-19-20(2)26-23-17-13-12-16-22(23)24/h8-10,12-17,20,24,26H,3-7,11,18-19H2,1-2H3/t20-,24+/m0/s1. The quantitative estimate of drug-likeness (QED) is 0.491. The number of fused-ring (bicyclic) bond motifs is 1. The second-order valence-electron chi connectivity index (χ2n) is 8.00. The molecule has 150 valence electrons. The summed E-state index contributed by atoms with van der Waals surface area (Å²) in [5.41, 5.74) is 3.38. The largest absolute Gasteiger partial charge is 0.382 e. The van der Waals surface area contributed by atoms with Crippen LogP contribution in [0.25, 0.3) is 0 Å². The van der Waals surface area contributed by atoms with Crippen molar-refractivity contribution < 1.29 is 4.79 Å². The van der Waals surface area contributed by atoms with Crippen LogP contribution in [0.4, 0.5) is 11.4 Å². The zero-order valence-corrected chi connectivity index (χ0v) is 17.4. The average Bonchev–Trinajstić information content (AvgIpc) is 2.71. The fourth-order valence-electron chi connectivity index (χ4n) is 4.21. The van der Waals surface area contributed by atoms with Crippen molar-refractivity contribution in [2.75, 3.05) is 10.2 Å². The molecule has 3 heteroatoms. The van der Waals surface area contributed by atoms with Crippen molar-refractivity contribution in [2.24, 2.45) is 0 Å². The number of hydrogen-bond donors (Lipinski definition) is 1. The van der Waals surface area contributed by atoms with Gasteiger partial charge in [0.2, 0.25) is 5.91 Å². The Bertz CT molecular complexity index is 743. The number of nitrogens with one attached hydrogen (secondary N) is 1. The van der Waals surface area contributed by atoms with E-state index >= 15 is 0 Å². The molecule has 3 nitrogen and oxygen atoms in total. The first-order valence-electron chi connectivity index (χ1n) is 10.9. The molecule has 0 radical (unpaired) electrons. The van der Waals surface area contributed by atoms with Gasteiger partial charge in [0.05, 0.1) is 6.04 Å². The van der Waals surface area contributed by atoms with Crippen LogP contribution < -0.4 is 10.2 Å². The summed E-state index contributed by atoms with van der Waals surface area (Å²) in [5.74, 6) is 0.246. The van der Waals surface area contributed by atoms with Gasteiger partial charge in [0, 0.05) is 23.8 Å². The van der Waals surface area contributed by atoms with Gasteiger partial charge in [-0.15, -0.1) is 0 Å². The lowest BCUT2D eigenvalue weighted by atomic mass is 9.91. The number of rotatable bonds is 9. The molecular formula is C25H34N2O. The molecule has 2 aromatic rings. The number of hydrogen-bond acceptors (Lipinski definition) is 2. The third-order valence-corrected chi connectivity index (χ3v) is 5.66. The summed E-state index contributed by atoms with van der Waals surface area (Å²) in [6.07, 6.45) is 8.76. The number of carbonyl (C=O) groups is 1. The van der Waals surface area contributed by atoms with Gasteiger partial charge >= 0.3 is 0 Å². The molecule has 0 unspecified atom stereocenters. The Morgan fingerprint density at radius 1 is 0.964 bits per heavy atom. The number of carbonyl (C=O) groups excluding carboxylic acids is 1. The summed E-state index contributed by atoms with van der Waals surface area (Å²) in [6.45, 7) is 4.43. The number of benzene rings is 2. The summed E-state index contributed by atoms with van der Waals surface area (Å²) in [7, 11) is 0. The fourth-order valence-corrected chi connectivity index (χ4v) is 4.21. The van der Waals surface area contributed by atoms with Crippen molar-refractivity contribution in [3.8, 4) is 0 Å². The van der Waals surface area contributed by atoms with Crippen LogP contribution in [0.2, 0.25) is 0 Å². The molecule has 0 aromatic heterocycles. The topological polar surface area (TPSA) is 32.3 Å². The van der Waals surface area contributed by atoms with Gasteiger partial charge in [-0.05, 0) is 43.5 Å². The van der Waals surface area contributed by atoms with Crippen LogP contribution in [0.15, 0.2) is 54.6 Å². The van der Waals surface area contributed by atoms with E-state index in [0.717, 1.165) is 30.6 Å². The predicted octanol–water partition coefficient (Wildman–Crippen LogP) is 6.72. The van der Waals surface area contributed by atoms with Crippen LogP contribution in [0.3, 0.4) is 0 Å². The highest BCUT2D eigenvalue weighted by atomic mass is 16.2. The highest BCUT2D eigenvalue weighted by Gasteiger charge is 2.32. The van der Waals surface area contributed by atoms with Gasteiger partial charge in [-0.2, -0.15) is 0 Å². The first-order valence-corrected chi connectivity index (χ1v) is 10.9. The Morgan fingerprint density at radius 3 is 2.43 bits per heavy atom. The molecule has 3 rings (SSSR count). The monoisotopic (exact) mass is 378 g/mol. The van der Waals surface area contributed by atoms with Gasteiger partial charge in [0.1, 0.15) is 0 Å². The predicted molar refractivity (Wildman–Crippen MR) is 119 cm³/mol. The maximum atomic E-state index is 13.4. The Morgan fingerprint density at radius 2 is 1.64 bits per heavy atom. The first kappa shape index (κ1) is 20.4. The molecule has 1 aliphatic rings. The fraction of sp³-hybridized carbons (Fsp3) is 0.480. The van der Waals surface area contributed by atoms with Crippen molar-refractivity contribution in [1.29, 1.82) is 0 Å². The van der Waals surface area contributed by atoms with Crippen LogP contribution in [-0.4, -0.2) is 11.9 Å². The zero-order valence-electron chi connectivity index (χ0n) is 17.4. The SMILES string of the molecule is CCCCCCCCC(=O)N(c1ccccc1)[C@@H]1C[C@H](C)Nc2ccccc21. The van der Waals surface area contributed by atoms with E-state index in [9.17, 15) is 4.79 Å². The van der Waals surface area contributed by atoms with Gasteiger partial charge in [0.25, 0.3) is 0 Å². The third kappa shape index (κ3) is 5.15. The number of anilines is 2. The van der Waals surface area contributed by atoms with E-state index in [1.165, 1.54) is 31.2 Å². The van der Waals surface area contributed by atoms with E-state index in [4.69, 9.17) is 0 Å². The van der Waals surface area contributed by atoms with Crippen molar-refractivity contribution in [1.82, 2.24) is 0 Å². The van der Waals surface area contributed by atoms with Gasteiger partial charge in [-0.25, -0.2) is 0 Å². The lowest BCUT2D eigenvalue weighted by Crippen LogP contribution is -2.40. The second-order valence-corrected chi connectivity index (χ2v) is 8.00. The minimum Gasteiger partial charge on any atom is -0.382 e. The minimum absolute atomic E-state index is 0.0856. The van der Waals surface area contributed by atoms with Gasteiger partial charge < -0.3 is 10.2 Å². The number of unbranched alkanes of at least 4 members (excludes halogenated alkanes) is 5. The van der Waals surface area contributed by atoms with Crippen molar-refractivity contribution in [3.63, 3.8) is 0 Å². The molecule has 0 aliphatic carbocycles. The number of amides is 1. The van der Waals surface area contributed by atoms with Crippen molar-refractivity contribution >= 4 is 17.3 Å².